The van der Waals surface area contributed by atoms with Crippen LogP contribution in [0, 0.1) is 18.7 Å². The van der Waals surface area contributed by atoms with Gasteiger partial charge in [-0.1, -0.05) is 0 Å². The Morgan fingerprint density at radius 2 is 2.11 bits per heavy atom. The van der Waals surface area contributed by atoms with Gasteiger partial charge in [0.25, 0.3) is 5.91 Å². The van der Waals surface area contributed by atoms with Gasteiger partial charge in [0.1, 0.15) is 17.3 Å². The van der Waals surface area contributed by atoms with E-state index in [0.29, 0.717) is 18.5 Å². The number of amides is 1. The number of nitrogens with zero attached hydrogens (tertiary/aromatic N) is 4. The van der Waals surface area contributed by atoms with Crippen molar-refractivity contribution in [3.05, 3.63) is 47.7 Å². The van der Waals surface area contributed by atoms with Gasteiger partial charge in [-0.05, 0) is 43.9 Å². The average molecular weight is 393 g/mol. The van der Waals surface area contributed by atoms with Gasteiger partial charge < -0.3 is 5.32 Å². The van der Waals surface area contributed by atoms with E-state index in [1.165, 1.54) is 28.9 Å². The van der Waals surface area contributed by atoms with E-state index in [2.05, 4.69) is 20.4 Å². The van der Waals surface area contributed by atoms with E-state index in [9.17, 15) is 22.4 Å². The van der Waals surface area contributed by atoms with Crippen LogP contribution < -0.4 is 5.32 Å². The van der Waals surface area contributed by atoms with Crippen molar-refractivity contribution < 1.29 is 22.4 Å². The number of hydrogen-bond donors (Lipinski definition) is 1. The SMILES string of the molecule is Cc1cc(-c2ncccc2F)nc2c(C(=O)NC(C3CC3)C(F)(F)F)cnn12. The highest BCUT2D eigenvalue weighted by atomic mass is 19.4. The number of halogens is 4. The molecular formula is C18H15F4N5O. The molecule has 0 radical (unpaired) electrons. The van der Waals surface area contributed by atoms with Gasteiger partial charge in [-0.2, -0.15) is 18.3 Å². The Kier molecular flexibility index (Phi) is 4.28. The maximum atomic E-state index is 14.1. The number of rotatable bonds is 4. The first-order chi connectivity index (χ1) is 13.3. The molecule has 28 heavy (non-hydrogen) atoms. The lowest BCUT2D eigenvalue weighted by Gasteiger charge is -2.20. The van der Waals surface area contributed by atoms with Crippen LogP contribution in [0.25, 0.3) is 17.0 Å². The molecule has 0 aliphatic heterocycles. The van der Waals surface area contributed by atoms with Gasteiger partial charge in [-0.25, -0.2) is 13.9 Å². The predicted molar refractivity (Wildman–Crippen MR) is 90.9 cm³/mol. The second-order valence-corrected chi connectivity index (χ2v) is 6.74. The zero-order valence-corrected chi connectivity index (χ0v) is 14.7. The molecule has 1 saturated carbocycles. The predicted octanol–water partition coefficient (Wildman–Crippen LogP) is 3.31. The molecule has 0 saturated heterocycles. The van der Waals surface area contributed by atoms with Crippen molar-refractivity contribution in [1.29, 1.82) is 0 Å². The van der Waals surface area contributed by atoms with E-state index in [1.54, 1.807) is 6.92 Å². The van der Waals surface area contributed by atoms with Crippen molar-refractivity contribution in [2.45, 2.75) is 32.0 Å². The van der Waals surface area contributed by atoms with Crippen LogP contribution in [-0.4, -0.2) is 37.7 Å². The molecule has 1 aliphatic carbocycles. The summed E-state index contributed by atoms with van der Waals surface area (Å²) in [5.74, 6) is -2.14. The van der Waals surface area contributed by atoms with Crippen LogP contribution in [0.2, 0.25) is 0 Å². The third-order valence-corrected chi connectivity index (χ3v) is 4.63. The Labute approximate surface area is 156 Å². The highest BCUT2D eigenvalue weighted by Crippen LogP contribution is 2.40. The molecule has 6 nitrogen and oxygen atoms in total. The summed E-state index contributed by atoms with van der Waals surface area (Å²) in [5, 5.41) is 6.08. The van der Waals surface area contributed by atoms with Crippen molar-refractivity contribution in [1.82, 2.24) is 24.9 Å². The maximum absolute atomic E-state index is 14.1. The Morgan fingerprint density at radius 3 is 2.75 bits per heavy atom. The van der Waals surface area contributed by atoms with Crippen molar-refractivity contribution in [2.75, 3.05) is 0 Å². The summed E-state index contributed by atoms with van der Waals surface area (Å²) < 4.78 is 55.0. The zero-order chi connectivity index (χ0) is 20.1. The number of aryl methyl sites for hydroxylation is 1. The Morgan fingerprint density at radius 1 is 1.36 bits per heavy atom. The van der Waals surface area contributed by atoms with Crippen molar-refractivity contribution in [3.63, 3.8) is 0 Å². The largest absolute Gasteiger partial charge is 0.408 e. The molecule has 0 spiro atoms. The van der Waals surface area contributed by atoms with Crippen LogP contribution in [0.3, 0.4) is 0 Å². The standard InChI is InChI=1S/C18H15F4N5O/c1-9-7-13(14-12(19)3-2-6-23-14)25-16-11(8-24-27(9)16)17(28)26-15(10-4-5-10)18(20,21)22/h2-3,6-8,10,15H,4-5H2,1H3,(H,26,28). The second kappa shape index (κ2) is 6.54. The molecule has 4 rings (SSSR count). The number of aromatic nitrogens is 4. The van der Waals surface area contributed by atoms with Gasteiger partial charge in [0, 0.05) is 11.9 Å². The molecule has 3 aromatic rings. The number of alkyl halides is 3. The fraction of sp³-hybridized carbons (Fsp3) is 0.333. The van der Waals surface area contributed by atoms with Gasteiger partial charge in [-0.3, -0.25) is 9.78 Å². The molecule has 146 valence electrons. The molecule has 3 aromatic heterocycles. The molecule has 1 amide bonds. The van der Waals surface area contributed by atoms with Gasteiger partial charge in [0.15, 0.2) is 11.5 Å². The lowest BCUT2D eigenvalue weighted by Crippen LogP contribution is -2.46. The molecule has 1 unspecified atom stereocenters. The second-order valence-electron chi connectivity index (χ2n) is 6.74. The molecule has 3 heterocycles. The van der Waals surface area contributed by atoms with Gasteiger partial charge >= 0.3 is 6.18 Å². The molecule has 0 aromatic carbocycles. The normalized spacial score (nSPS) is 15.6. The molecule has 1 atom stereocenters. The summed E-state index contributed by atoms with van der Waals surface area (Å²) >= 11 is 0. The highest BCUT2D eigenvalue weighted by molar-refractivity contribution is 6.00. The van der Waals surface area contributed by atoms with E-state index in [-0.39, 0.29) is 22.6 Å². The third-order valence-electron chi connectivity index (χ3n) is 4.63. The third kappa shape index (κ3) is 3.30. The Balaban J connectivity index is 1.74. The maximum Gasteiger partial charge on any atom is 0.408 e. The fourth-order valence-electron chi connectivity index (χ4n) is 3.08. The topological polar surface area (TPSA) is 72.2 Å². The van der Waals surface area contributed by atoms with Crippen molar-refractivity contribution >= 4 is 11.6 Å². The van der Waals surface area contributed by atoms with E-state index in [4.69, 9.17) is 0 Å². The average Bonchev–Trinajstić information content (AvgIpc) is 3.37. The molecular weight excluding hydrogens is 378 g/mol. The lowest BCUT2D eigenvalue weighted by atomic mass is 10.1. The van der Waals surface area contributed by atoms with Crippen molar-refractivity contribution in [3.8, 4) is 11.4 Å². The summed E-state index contributed by atoms with van der Waals surface area (Å²) in [4.78, 5) is 20.7. The van der Waals surface area contributed by atoms with Crippen LogP contribution in [0.1, 0.15) is 28.9 Å². The van der Waals surface area contributed by atoms with Crippen LogP contribution in [0.4, 0.5) is 17.6 Å². The quantitative estimate of drug-likeness (QED) is 0.691. The van der Waals surface area contributed by atoms with E-state index >= 15 is 0 Å². The van der Waals surface area contributed by atoms with E-state index in [1.807, 2.05) is 0 Å². The molecule has 0 bridgehead atoms. The Bertz CT molecular complexity index is 1060. The smallest absolute Gasteiger partial charge is 0.340 e. The lowest BCUT2D eigenvalue weighted by molar-refractivity contribution is -0.158. The van der Waals surface area contributed by atoms with Gasteiger partial charge in [0.2, 0.25) is 0 Å². The summed E-state index contributed by atoms with van der Waals surface area (Å²) in [5.41, 5.74) is 0.586. The van der Waals surface area contributed by atoms with Crippen LogP contribution >= 0.6 is 0 Å². The first kappa shape index (κ1) is 18.3. The summed E-state index contributed by atoms with van der Waals surface area (Å²) in [6, 6.07) is 2.27. The van der Waals surface area contributed by atoms with Gasteiger partial charge in [-0.15, -0.1) is 0 Å². The van der Waals surface area contributed by atoms with Crippen LogP contribution in [0.15, 0.2) is 30.6 Å². The Hall–Kier alpha value is -3.04. The van der Waals surface area contributed by atoms with E-state index in [0.717, 1.165) is 6.20 Å². The van der Waals surface area contributed by atoms with E-state index < -0.39 is 29.9 Å². The minimum absolute atomic E-state index is 0.0215. The first-order valence-electron chi connectivity index (χ1n) is 8.59. The van der Waals surface area contributed by atoms with Crippen molar-refractivity contribution in [2.24, 2.45) is 5.92 Å². The van der Waals surface area contributed by atoms with Crippen LogP contribution in [0.5, 0.6) is 0 Å². The molecule has 1 aliphatic rings. The number of hydrogen-bond acceptors (Lipinski definition) is 4. The highest BCUT2D eigenvalue weighted by Gasteiger charge is 2.49. The van der Waals surface area contributed by atoms with Crippen LogP contribution in [-0.2, 0) is 0 Å². The van der Waals surface area contributed by atoms with Gasteiger partial charge in [0.05, 0.1) is 11.9 Å². The molecule has 1 N–H and O–H groups in total. The zero-order valence-electron chi connectivity index (χ0n) is 14.7. The monoisotopic (exact) mass is 393 g/mol. The number of carbonyl (C=O) groups is 1. The molecule has 1 fully saturated rings. The first-order valence-corrected chi connectivity index (χ1v) is 8.59. The molecule has 10 heteroatoms. The number of pyridine rings is 1. The summed E-state index contributed by atoms with van der Waals surface area (Å²) in [6.07, 6.45) is -1.15. The summed E-state index contributed by atoms with van der Waals surface area (Å²) in [7, 11) is 0. The minimum atomic E-state index is -4.54. The summed E-state index contributed by atoms with van der Waals surface area (Å²) in [6.45, 7) is 1.66. The minimum Gasteiger partial charge on any atom is -0.340 e. The number of nitrogens with one attached hydrogen (secondary N) is 1. The number of carbonyl (C=O) groups excluding carboxylic acids is 1. The number of fused-ring (bicyclic) bond motifs is 1. The fourth-order valence-corrected chi connectivity index (χ4v) is 3.08.